The molecule has 1 unspecified atom stereocenters. The summed E-state index contributed by atoms with van der Waals surface area (Å²) in [5.74, 6) is 0.950. The van der Waals surface area contributed by atoms with Crippen LogP contribution in [0.2, 0.25) is 0 Å². The highest BCUT2D eigenvalue weighted by Crippen LogP contribution is 2.19. The van der Waals surface area contributed by atoms with Crippen LogP contribution in [0.15, 0.2) is 24.3 Å². The minimum Gasteiger partial charge on any atom is -0.492 e. The zero-order chi connectivity index (χ0) is 15.1. The number of nitrogens with one attached hydrogen (secondary N) is 1. The fourth-order valence-electron chi connectivity index (χ4n) is 2.81. The molecule has 0 bridgehead atoms. The van der Waals surface area contributed by atoms with Crippen molar-refractivity contribution < 1.29 is 9.53 Å². The van der Waals surface area contributed by atoms with Gasteiger partial charge in [-0.15, -0.1) is 0 Å². The molecule has 0 aliphatic carbocycles. The molecule has 5 nitrogen and oxygen atoms in total. The summed E-state index contributed by atoms with van der Waals surface area (Å²) in [6.45, 7) is 2.77. The number of likely N-dealkylation sites (N-methyl/N-ethyl adjacent to an activating group) is 1. The Morgan fingerprint density at radius 2 is 2.24 bits per heavy atom. The van der Waals surface area contributed by atoms with Crippen molar-refractivity contribution in [1.29, 1.82) is 0 Å². The Morgan fingerprint density at radius 1 is 1.43 bits per heavy atom. The highest BCUT2D eigenvalue weighted by Gasteiger charge is 2.27. The van der Waals surface area contributed by atoms with Gasteiger partial charge in [0.2, 0.25) is 5.91 Å². The van der Waals surface area contributed by atoms with Crippen LogP contribution in [0.25, 0.3) is 0 Å². The first-order chi connectivity index (χ1) is 10.3. The second kappa shape index (κ2) is 8.00. The van der Waals surface area contributed by atoms with E-state index in [1.807, 2.05) is 24.3 Å². The number of rotatable bonds is 6. The van der Waals surface area contributed by atoms with Gasteiger partial charge in [0, 0.05) is 25.7 Å². The SMILES string of the molecule is CNC(=O)C1CCCCN1CCOc1ccccc1CN. The van der Waals surface area contributed by atoms with Crippen LogP contribution in [-0.4, -0.2) is 43.6 Å². The zero-order valence-corrected chi connectivity index (χ0v) is 12.7. The molecule has 1 aromatic rings. The molecule has 1 fully saturated rings. The lowest BCUT2D eigenvalue weighted by Gasteiger charge is -2.34. The first kappa shape index (κ1) is 15.8. The Kier molecular flexibility index (Phi) is 6.02. The Labute approximate surface area is 126 Å². The third kappa shape index (κ3) is 4.19. The van der Waals surface area contributed by atoms with Gasteiger partial charge in [-0.25, -0.2) is 0 Å². The van der Waals surface area contributed by atoms with E-state index in [0.717, 1.165) is 43.7 Å². The molecular formula is C16H25N3O2. The number of benzene rings is 1. The van der Waals surface area contributed by atoms with Gasteiger partial charge in [-0.2, -0.15) is 0 Å². The Hall–Kier alpha value is -1.59. The highest BCUT2D eigenvalue weighted by atomic mass is 16.5. The number of carbonyl (C=O) groups is 1. The van der Waals surface area contributed by atoms with Crippen LogP contribution in [0.1, 0.15) is 24.8 Å². The molecule has 5 heteroatoms. The average Bonchev–Trinajstić information content (AvgIpc) is 2.55. The lowest BCUT2D eigenvalue weighted by Crippen LogP contribution is -2.49. The molecule has 1 heterocycles. The van der Waals surface area contributed by atoms with Crippen molar-refractivity contribution in [3.05, 3.63) is 29.8 Å². The predicted octanol–water partition coefficient (Wildman–Crippen LogP) is 1.12. The fourth-order valence-corrected chi connectivity index (χ4v) is 2.81. The molecule has 0 radical (unpaired) electrons. The van der Waals surface area contributed by atoms with E-state index in [0.29, 0.717) is 13.2 Å². The molecule has 1 aliphatic heterocycles. The van der Waals surface area contributed by atoms with Crippen LogP contribution in [0.3, 0.4) is 0 Å². The van der Waals surface area contributed by atoms with Gasteiger partial charge in [-0.05, 0) is 25.5 Å². The lowest BCUT2D eigenvalue weighted by molar-refractivity contribution is -0.127. The van der Waals surface area contributed by atoms with Crippen molar-refractivity contribution in [2.45, 2.75) is 31.8 Å². The maximum atomic E-state index is 11.9. The number of nitrogens with zero attached hydrogens (tertiary/aromatic N) is 1. The van der Waals surface area contributed by atoms with Gasteiger partial charge >= 0.3 is 0 Å². The summed E-state index contributed by atoms with van der Waals surface area (Å²) in [6.07, 6.45) is 3.19. The van der Waals surface area contributed by atoms with E-state index in [1.165, 1.54) is 0 Å². The van der Waals surface area contributed by atoms with Gasteiger partial charge in [-0.3, -0.25) is 9.69 Å². The molecule has 1 amide bonds. The van der Waals surface area contributed by atoms with E-state index in [9.17, 15) is 4.79 Å². The Morgan fingerprint density at radius 3 is 3.00 bits per heavy atom. The molecule has 1 saturated heterocycles. The topological polar surface area (TPSA) is 67.6 Å². The summed E-state index contributed by atoms with van der Waals surface area (Å²) in [7, 11) is 1.70. The second-order valence-electron chi connectivity index (χ2n) is 5.32. The Balaban J connectivity index is 1.87. The third-order valence-electron chi connectivity index (χ3n) is 3.99. The number of ether oxygens (including phenoxy) is 1. The van der Waals surface area contributed by atoms with Gasteiger partial charge in [0.15, 0.2) is 0 Å². The van der Waals surface area contributed by atoms with Gasteiger partial charge in [0.05, 0.1) is 6.04 Å². The number of hydrogen-bond acceptors (Lipinski definition) is 4. The van der Waals surface area contributed by atoms with Gasteiger partial charge in [-0.1, -0.05) is 24.6 Å². The first-order valence-corrected chi connectivity index (χ1v) is 7.62. The van der Waals surface area contributed by atoms with E-state index >= 15 is 0 Å². The number of nitrogens with two attached hydrogens (primary N) is 1. The van der Waals surface area contributed by atoms with Crippen LogP contribution >= 0.6 is 0 Å². The summed E-state index contributed by atoms with van der Waals surface area (Å²) in [4.78, 5) is 14.1. The standard InChI is InChI=1S/C16H25N3O2/c1-18-16(20)14-7-4-5-9-19(14)10-11-21-15-8-3-2-6-13(15)12-17/h2-3,6,8,14H,4-5,7,9-12,17H2,1H3,(H,18,20). The quantitative estimate of drug-likeness (QED) is 0.824. The van der Waals surface area contributed by atoms with Crippen LogP contribution in [0.4, 0.5) is 0 Å². The Bertz CT molecular complexity index is 465. The summed E-state index contributed by atoms with van der Waals surface area (Å²) in [6, 6.07) is 7.81. The second-order valence-corrected chi connectivity index (χ2v) is 5.32. The van der Waals surface area contributed by atoms with Crippen molar-refractivity contribution in [1.82, 2.24) is 10.2 Å². The minimum absolute atomic E-state index is 0.0166. The van der Waals surface area contributed by atoms with Crippen LogP contribution in [0, 0.1) is 0 Å². The molecular weight excluding hydrogens is 266 g/mol. The normalized spacial score (nSPS) is 19.2. The summed E-state index contributed by atoms with van der Waals surface area (Å²) >= 11 is 0. The molecule has 1 aromatic carbocycles. The maximum absolute atomic E-state index is 11.9. The lowest BCUT2D eigenvalue weighted by atomic mass is 10.0. The van der Waals surface area contributed by atoms with Crippen molar-refractivity contribution in [2.75, 3.05) is 26.7 Å². The van der Waals surface area contributed by atoms with E-state index in [-0.39, 0.29) is 11.9 Å². The number of hydrogen-bond donors (Lipinski definition) is 2. The first-order valence-electron chi connectivity index (χ1n) is 7.62. The summed E-state index contributed by atoms with van der Waals surface area (Å²) in [5.41, 5.74) is 6.71. The van der Waals surface area contributed by atoms with Crippen LogP contribution in [0.5, 0.6) is 5.75 Å². The van der Waals surface area contributed by atoms with E-state index in [1.54, 1.807) is 7.05 Å². The molecule has 0 aromatic heterocycles. The number of carbonyl (C=O) groups excluding carboxylic acids is 1. The number of piperidine rings is 1. The molecule has 116 valence electrons. The monoisotopic (exact) mass is 291 g/mol. The van der Waals surface area contributed by atoms with E-state index in [4.69, 9.17) is 10.5 Å². The molecule has 0 saturated carbocycles. The van der Waals surface area contributed by atoms with Gasteiger partial charge in [0.1, 0.15) is 12.4 Å². The summed E-state index contributed by atoms with van der Waals surface area (Å²) in [5, 5.41) is 2.75. The van der Waals surface area contributed by atoms with Crippen LogP contribution < -0.4 is 15.8 Å². The molecule has 0 spiro atoms. The van der Waals surface area contributed by atoms with Crippen LogP contribution in [-0.2, 0) is 11.3 Å². The molecule has 2 rings (SSSR count). The number of amides is 1. The van der Waals surface area contributed by atoms with E-state index in [2.05, 4.69) is 10.2 Å². The predicted molar refractivity (Wildman–Crippen MR) is 83.1 cm³/mol. The highest BCUT2D eigenvalue weighted by molar-refractivity contribution is 5.81. The smallest absolute Gasteiger partial charge is 0.237 e. The number of para-hydroxylation sites is 1. The number of likely N-dealkylation sites (tertiary alicyclic amines) is 1. The summed E-state index contributed by atoms with van der Waals surface area (Å²) < 4.78 is 5.84. The van der Waals surface area contributed by atoms with Crippen molar-refractivity contribution in [3.8, 4) is 5.75 Å². The zero-order valence-electron chi connectivity index (χ0n) is 12.7. The molecule has 1 atom stereocenters. The minimum atomic E-state index is -0.0166. The van der Waals surface area contributed by atoms with Crippen molar-refractivity contribution in [2.24, 2.45) is 5.73 Å². The molecule has 1 aliphatic rings. The van der Waals surface area contributed by atoms with Crippen molar-refractivity contribution >= 4 is 5.91 Å². The average molecular weight is 291 g/mol. The molecule has 3 N–H and O–H groups in total. The van der Waals surface area contributed by atoms with E-state index < -0.39 is 0 Å². The largest absolute Gasteiger partial charge is 0.492 e. The maximum Gasteiger partial charge on any atom is 0.237 e. The molecule has 21 heavy (non-hydrogen) atoms. The van der Waals surface area contributed by atoms with Gasteiger partial charge < -0.3 is 15.8 Å². The third-order valence-corrected chi connectivity index (χ3v) is 3.99. The van der Waals surface area contributed by atoms with Gasteiger partial charge in [0.25, 0.3) is 0 Å². The van der Waals surface area contributed by atoms with Crippen molar-refractivity contribution in [3.63, 3.8) is 0 Å². The fraction of sp³-hybridized carbons (Fsp3) is 0.562.